The molecule has 0 aromatic heterocycles. The van der Waals surface area contributed by atoms with Crippen molar-refractivity contribution < 1.29 is 32.5 Å². The summed E-state index contributed by atoms with van der Waals surface area (Å²) in [5, 5.41) is 2.95. The van der Waals surface area contributed by atoms with Crippen molar-refractivity contribution in [2.45, 2.75) is 167 Å². The lowest BCUT2D eigenvalue weighted by molar-refractivity contribution is -0.870. The van der Waals surface area contributed by atoms with Gasteiger partial charge in [-0.1, -0.05) is 159 Å². The molecular weight excluding hydrogens is 647 g/mol. The van der Waals surface area contributed by atoms with Crippen LogP contribution in [-0.4, -0.2) is 70.5 Å². The number of benzene rings is 1. The van der Waals surface area contributed by atoms with Crippen LogP contribution in [-0.2, 0) is 29.6 Å². The summed E-state index contributed by atoms with van der Waals surface area (Å²) in [4.78, 5) is 25.1. The first kappa shape index (κ1) is 46.7. The molecule has 0 bridgehead atoms. The van der Waals surface area contributed by atoms with Crippen LogP contribution >= 0.6 is 7.82 Å². The molecule has 1 aromatic rings. The zero-order chi connectivity index (χ0) is 36.6. The molecule has 1 amide bonds. The summed E-state index contributed by atoms with van der Waals surface area (Å²) in [5.41, 5.74) is 1.44. The summed E-state index contributed by atoms with van der Waals surface area (Å²) in [6.07, 6.45) is 28.9. The maximum absolute atomic E-state index is 12.7. The number of quaternary nitrogens is 1. The Morgan fingerprint density at radius 1 is 0.680 bits per heavy atom. The number of nitrogens with zero attached hydrogens (tertiary/aromatic N) is 1. The van der Waals surface area contributed by atoms with E-state index in [2.05, 4.69) is 42.6 Å². The fraction of sp³-hybridized carbons (Fsp3) is 0.829. The lowest BCUT2D eigenvalue weighted by atomic mass is 10.0. The van der Waals surface area contributed by atoms with Gasteiger partial charge in [0.2, 0.25) is 5.91 Å². The number of ether oxygens (including phenoxy) is 1. The van der Waals surface area contributed by atoms with Crippen LogP contribution in [0, 0.1) is 0 Å². The van der Waals surface area contributed by atoms with Crippen molar-refractivity contribution in [3.63, 3.8) is 0 Å². The monoisotopic (exact) mass is 725 g/mol. The summed E-state index contributed by atoms with van der Waals surface area (Å²) in [6.45, 7) is 3.45. The quantitative estimate of drug-likeness (QED) is 0.0421. The van der Waals surface area contributed by atoms with Gasteiger partial charge in [-0.2, -0.15) is 0 Å². The Balaban J connectivity index is 2.22. The van der Waals surface area contributed by atoms with Gasteiger partial charge in [0.05, 0.1) is 40.4 Å². The number of nitrogens with one attached hydrogen (secondary N) is 1. The van der Waals surface area contributed by atoms with Gasteiger partial charge in [-0.25, -0.2) is 0 Å². The minimum Gasteiger partial charge on any atom is -0.756 e. The standard InChI is InChI=1S/C41H77N2O6P/c1-5-6-7-8-9-10-11-12-13-16-19-22-28-33-41(44)42-40(38-49-50(45,46)48-36-34-43(2,3)4)37-47-35-29-23-20-17-14-15-18-21-25-30-39-31-26-24-27-32-39/h24,26-27,31-32,40H,5-23,25,28-30,33-38H2,1-4H3,(H-,42,44,45,46)/t40-/m1/s1. The van der Waals surface area contributed by atoms with Gasteiger partial charge >= 0.3 is 0 Å². The number of hydrogen-bond acceptors (Lipinski definition) is 6. The molecule has 0 saturated heterocycles. The fourth-order valence-corrected chi connectivity index (χ4v) is 6.76. The second-order valence-corrected chi connectivity index (χ2v) is 16.8. The van der Waals surface area contributed by atoms with Crippen molar-refractivity contribution in [2.75, 3.05) is 54.1 Å². The maximum Gasteiger partial charge on any atom is 0.268 e. The number of aryl methyl sites for hydroxylation is 1. The highest BCUT2D eigenvalue weighted by Gasteiger charge is 2.19. The Hall–Kier alpha value is -1.28. The molecule has 50 heavy (non-hydrogen) atoms. The average molecular weight is 725 g/mol. The van der Waals surface area contributed by atoms with Crippen LogP contribution < -0.4 is 10.2 Å². The molecular formula is C41H77N2O6P. The Labute approximate surface area is 308 Å². The Morgan fingerprint density at radius 2 is 1.18 bits per heavy atom. The van der Waals surface area contributed by atoms with E-state index in [1.165, 1.54) is 121 Å². The van der Waals surface area contributed by atoms with Gasteiger partial charge in [0.25, 0.3) is 7.82 Å². The Kier molecular flexibility index (Phi) is 29.2. The molecule has 0 fully saturated rings. The van der Waals surface area contributed by atoms with Crippen LogP contribution in [0.25, 0.3) is 0 Å². The first-order valence-electron chi connectivity index (χ1n) is 20.4. The molecule has 2 atom stereocenters. The Bertz CT molecular complexity index is 958. The van der Waals surface area contributed by atoms with E-state index in [1.807, 2.05) is 21.1 Å². The number of unbranched alkanes of at least 4 members (excludes halogenated alkanes) is 20. The molecule has 1 rings (SSSR count). The summed E-state index contributed by atoms with van der Waals surface area (Å²) < 4.78 is 29.1. The highest BCUT2D eigenvalue weighted by molar-refractivity contribution is 7.45. The van der Waals surface area contributed by atoms with Crippen LogP contribution in [0.4, 0.5) is 0 Å². The molecule has 0 aliphatic carbocycles. The predicted molar refractivity (Wildman–Crippen MR) is 207 cm³/mol. The van der Waals surface area contributed by atoms with Crippen molar-refractivity contribution in [3.05, 3.63) is 35.9 Å². The molecule has 292 valence electrons. The highest BCUT2D eigenvalue weighted by atomic mass is 31.2. The molecule has 0 heterocycles. The molecule has 0 radical (unpaired) electrons. The number of amides is 1. The molecule has 0 spiro atoms. The van der Waals surface area contributed by atoms with Crippen molar-refractivity contribution in [2.24, 2.45) is 0 Å². The van der Waals surface area contributed by atoms with E-state index < -0.39 is 13.9 Å². The smallest absolute Gasteiger partial charge is 0.268 e. The summed E-state index contributed by atoms with van der Waals surface area (Å²) in [5.74, 6) is -0.0861. The molecule has 1 aromatic carbocycles. The number of likely N-dealkylation sites (N-methyl/N-ethyl adjacent to an activating group) is 1. The molecule has 1 unspecified atom stereocenters. The van der Waals surface area contributed by atoms with E-state index in [0.29, 0.717) is 24.1 Å². The maximum atomic E-state index is 12.7. The van der Waals surface area contributed by atoms with Gasteiger partial charge in [0.15, 0.2) is 0 Å². The minimum atomic E-state index is -4.48. The molecule has 0 aliphatic rings. The van der Waals surface area contributed by atoms with E-state index >= 15 is 0 Å². The first-order valence-corrected chi connectivity index (χ1v) is 21.9. The van der Waals surface area contributed by atoms with E-state index in [-0.39, 0.29) is 25.7 Å². The topological polar surface area (TPSA) is 96.9 Å². The number of carbonyl (C=O) groups is 1. The van der Waals surface area contributed by atoms with Crippen LogP contribution in [0.2, 0.25) is 0 Å². The van der Waals surface area contributed by atoms with E-state index in [4.69, 9.17) is 13.8 Å². The van der Waals surface area contributed by atoms with Crippen LogP contribution in [0.5, 0.6) is 0 Å². The van der Waals surface area contributed by atoms with Crippen LogP contribution in [0.1, 0.15) is 160 Å². The second kappa shape index (κ2) is 31.3. The Morgan fingerprint density at radius 3 is 1.72 bits per heavy atom. The van der Waals surface area contributed by atoms with Crippen LogP contribution in [0.15, 0.2) is 30.3 Å². The van der Waals surface area contributed by atoms with E-state index in [9.17, 15) is 14.3 Å². The average Bonchev–Trinajstić information content (AvgIpc) is 3.07. The molecule has 0 saturated carbocycles. The molecule has 1 N–H and O–H groups in total. The van der Waals surface area contributed by atoms with Crippen molar-refractivity contribution in [1.82, 2.24) is 5.32 Å². The first-order chi connectivity index (χ1) is 24.1. The summed E-state index contributed by atoms with van der Waals surface area (Å²) >= 11 is 0. The number of rotatable bonds is 36. The van der Waals surface area contributed by atoms with Gasteiger partial charge in [-0.15, -0.1) is 0 Å². The third-order valence-electron chi connectivity index (χ3n) is 9.23. The lowest BCUT2D eigenvalue weighted by Crippen LogP contribution is -2.42. The second-order valence-electron chi connectivity index (χ2n) is 15.3. The number of phosphoric acid groups is 1. The van der Waals surface area contributed by atoms with E-state index in [0.717, 1.165) is 32.1 Å². The van der Waals surface area contributed by atoms with E-state index in [1.54, 1.807) is 0 Å². The normalized spacial score (nSPS) is 13.7. The zero-order valence-corrected chi connectivity index (χ0v) is 33.7. The number of hydrogen-bond donors (Lipinski definition) is 1. The lowest BCUT2D eigenvalue weighted by Gasteiger charge is -2.28. The molecule has 0 aliphatic heterocycles. The summed E-state index contributed by atoms with van der Waals surface area (Å²) in [7, 11) is 1.42. The van der Waals surface area contributed by atoms with Crippen molar-refractivity contribution >= 4 is 13.7 Å². The van der Waals surface area contributed by atoms with Crippen molar-refractivity contribution in [3.8, 4) is 0 Å². The fourth-order valence-electron chi connectivity index (χ4n) is 6.02. The van der Waals surface area contributed by atoms with Gasteiger partial charge in [-0.3, -0.25) is 9.36 Å². The van der Waals surface area contributed by atoms with Crippen LogP contribution in [0.3, 0.4) is 0 Å². The SMILES string of the molecule is CCCCCCCCCCCCCCCC(=O)N[C@H](COCCCCCCCCCCCc1ccccc1)COP(=O)([O-])OCC[N+](C)(C)C. The third kappa shape index (κ3) is 31.5. The predicted octanol–water partition coefficient (Wildman–Crippen LogP) is 9.93. The number of phosphoric ester groups is 1. The van der Waals surface area contributed by atoms with Gasteiger partial charge in [0, 0.05) is 13.0 Å². The largest absolute Gasteiger partial charge is 0.756 e. The minimum absolute atomic E-state index is 0.0467. The highest BCUT2D eigenvalue weighted by Crippen LogP contribution is 2.38. The van der Waals surface area contributed by atoms with Gasteiger partial charge in [0.1, 0.15) is 13.2 Å². The number of carbonyl (C=O) groups excluding carboxylic acids is 1. The van der Waals surface area contributed by atoms with Gasteiger partial charge < -0.3 is 28.5 Å². The zero-order valence-electron chi connectivity index (χ0n) is 32.8. The third-order valence-corrected chi connectivity index (χ3v) is 10.2. The molecule has 8 nitrogen and oxygen atoms in total. The van der Waals surface area contributed by atoms with Gasteiger partial charge in [-0.05, 0) is 31.2 Å². The van der Waals surface area contributed by atoms with Crippen molar-refractivity contribution in [1.29, 1.82) is 0 Å². The molecule has 9 heteroatoms. The summed E-state index contributed by atoms with van der Waals surface area (Å²) in [6, 6.07) is 10.2.